The van der Waals surface area contributed by atoms with Crippen LogP contribution in [0, 0.1) is 5.92 Å². The molecule has 23 heavy (non-hydrogen) atoms. The quantitative estimate of drug-likeness (QED) is 0.801. The Labute approximate surface area is 139 Å². The molecule has 2 saturated heterocycles. The Bertz CT molecular complexity index is 407. The van der Waals surface area contributed by atoms with Crippen molar-refractivity contribution in [1.29, 1.82) is 0 Å². The van der Waals surface area contributed by atoms with Gasteiger partial charge >= 0.3 is 12.1 Å². The van der Waals surface area contributed by atoms with Crippen molar-refractivity contribution in [3.8, 4) is 0 Å². The second kappa shape index (κ2) is 8.73. The lowest BCUT2D eigenvalue weighted by Gasteiger charge is -2.32. The van der Waals surface area contributed by atoms with Crippen molar-refractivity contribution in [3.05, 3.63) is 0 Å². The average Bonchev–Trinajstić information content (AvgIpc) is 2.97. The third-order valence-corrected chi connectivity index (χ3v) is 4.33. The van der Waals surface area contributed by atoms with Crippen LogP contribution in [-0.2, 0) is 9.59 Å². The number of nitrogens with one attached hydrogen (secondary N) is 2. The van der Waals surface area contributed by atoms with Crippen LogP contribution in [0.2, 0.25) is 0 Å². The molecule has 1 unspecified atom stereocenters. The fourth-order valence-electron chi connectivity index (χ4n) is 3.00. The molecule has 0 aromatic rings. The van der Waals surface area contributed by atoms with Crippen LogP contribution in [0.1, 0.15) is 32.1 Å². The number of halogens is 4. The first-order valence-corrected chi connectivity index (χ1v) is 7.72. The first-order valence-electron chi connectivity index (χ1n) is 7.72. The van der Waals surface area contributed by atoms with Crippen molar-refractivity contribution in [1.82, 2.24) is 15.5 Å². The molecule has 2 aliphatic rings. The number of amides is 2. The number of hydrogen-bond donors (Lipinski definition) is 2. The maximum atomic E-state index is 12.3. The van der Waals surface area contributed by atoms with Crippen molar-refractivity contribution in [2.45, 2.75) is 44.3 Å². The third kappa shape index (κ3) is 6.18. The molecular weight excluding hydrogens is 335 g/mol. The summed E-state index contributed by atoms with van der Waals surface area (Å²) in [6.45, 7) is 1.62. The van der Waals surface area contributed by atoms with Gasteiger partial charge in [-0.25, -0.2) is 0 Å². The van der Waals surface area contributed by atoms with Crippen LogP contribution in [0.3, 0.4) is 0 Å². The zero-order valence-corrected chi connectivity index (χ0v) is 13.6. The first kappa shape index (κ1) is 20.0. The van der Waals surface area contributed by atoms with Crippen molar-refractivity contribution >= 4 is 24.2 Å². The SMILES string of the molecule is Cl.O=C(CC1CCCN1)NCC1CCN(C(=O)C(F)(F)F)CC1. The van der Waals surface area contributed by atoms with Crippen molar-refractivity contribution in [2.75, 3.05) is 26.2 Å². The van der Waals surface area contributed by atoms with Crippen LogP contribution in [0.5, 0.6) is 0 Å². The van der Waals surface area contributed by atoms with E-state index in [0.717, 1.165) is 24.3 Å². The minimum Gasteiger partial charge on any atom is -0.356 e. The number of rotatable bonds is 4. The largest absolute Gasteiger partial charge is 0.471 e. The lowest BCUT2D eigenvalue weighted by atomic mass is 9.96. The van der Waals surface area contributed by atoms with Crippen LogP contribution in [0.15, 0.2) is 0 Å². The lowest BCUT2D eigenvalue weighted by molar-refractivity contribution is -0.186. The van der Waals surface area contributed by atoms with E-state index in [1.54, 1.807) is 0 Å². The summed E-state index contributed by atoms with van der Waals surface area (Å²) in [5.41, 5.74) is 0. The monoisotopic (exact) mass is 357 g/mol. The number of carbonyl (C=O) groups excluding carboxylic acids is 2. The fraction of sp³-hybridized carbons (Fsp3) is 0.857. The van der Waals surface area contributed by atoms with Gasteiger partial charge in [0.1, 0.15) is 0 Å². The topological polar surface area (TPSA) is 61.4 Å². The van der Waals surface area contributed by atoms with E-state index >= 15 is 0 Å². The Morgan fingerprint density at radius 2 is 1.83 bits per heavy atom. The molecule has 134 valence electrons. The van der Waals surface area contributed by atoms with Crippen LogP contribution in [0.4, 0.5) is 13.2 Å². The summed E-state index contributed by atoms with van der Waals surface area (Å²) < 4.78 is 37.0. The van der Waals surface area contributed by atoms with Gasteiger partial charge in [-0.05, 0) is 38.1 Å². The minimum absolute atomic E-state index is 0. The fourth-order valence-corrected chi connectivity index (χ4v) is 3.00. The van der Waals surface area contributed by atoms with Gasteiger partial charge in [0.15, 0.2) is 0 Å². The predicted octanol–water partition coefficient (Wildman–Crippen LogP) is 1.47. The smallest absolute Gasteiger partial charge is 0.356 e. The minimum atomic E-state index is -4.80. The van der Waals surface area contributed by atoms with Gasteiger partial charge in [0.05, 0.1) is 0 Å². The van der Waals surface area contributed by atoms with E-state index in [1.165, 1.54) is 0 Å². The van der Waals surface area contributed by atoms with E-state index in [9.17, 15) is 22.8 Å². The van der Waals surface area contributed by atoms with E-state index in [4.69, 9.17) is 0 Å². The summed E-state index contributed by atoms with van der Waals surface area (Å²) in [5.74, 6) is -1.65. The second-order valence-corrected chi connectivity index (χ2v) is 6.03. The van der Waals surface area contributed by atoms with E-state index in [2.05, 4.69) is 10.6 Å². The standard InChI is InChI=1S/C14H22F3N3O2.ClH/c15-14(16,17)13(22)20-6-3-10(4-7-20)9-19-12(21)8-11-2-1-5-18-11;/h10-11,18H,1-9H2,(H,19,21);1H. The van der Waals surface area contributed by atoms with Crippen LogP contribution < -0.4 is 10.6 Å². The summed E-state index contributed by atoms with van der Waals surface area (Å²) in [7, 11) is 0. The molecule has 9 heteroatoms. The summed E-state index contributed by atoms with van der Waals surface area (Å²) in [4.78, 5) is 23.7. The normalized spacial score (nSPS) is 22.6. The molecule has 2 heterocycles. The molecule has 1 atom stereocenters. The number of piperidine rings is 1. The zero-order valence-electron chi connectivity index (χ0n) is 12.8. The van der Waals surface area contributed by atoms with Gasteiger partial charge in [0.25, 0.3) is 0 Å². The molecule has 0 radical (unpaired) electrons. The highest BCUT2D eigenvalue weighted by molar-refractivity contribution is 5.85. The van der Waals surface area contributed by atoms with Gasteiger partial charge in [-0.1, -0.05) is 0 Å². The molecule has 5 nitrogen and oxygen atoms in total. The second-order valence-electron chi connectivity index (χ2n) is 6.03. The molecule has 0 aliphatic carbocycles. The maximum absolute atomic E-state index is 12.3. The Kier molecular flexibility index (Phi) is 7.60. The van der Waals surface area contributed by atoms with E-state index in [0.29, 0.717) is 25.8 Å². The molecule has 2 fully saturated rings. The van der Waals surface area contributed by atoms with Gasteiger partial charge in [-0.15, -0.1) is 12.4 Å². The molecule has 0 spiro atoms. The van der Waals surface area contributed by atoms with Crippen molar-refractivity contribution in [2.24, 2.45) is 5.92 Å². The average molecular weight is 358 g/mol. The Morgan fingerprint density at radius 1 is 1.17 bits per heavy atom. The highest BCUT2D eigenvalue weighted by atomic mass is 35.5. The first-order chi connectivity index (χ1) is 10.4. The van der Waals surface area contributed by atoms with Crippen LogP contribution >= 0.6 is 12.4 Å². The van der Waals surface area contributed by atoms with Crippen molar-refractivity contribution in [3.63, 3.8) is 0 Å². The number of nitrogens with zero attached hydrogens (tertiary/aromatic N) is 1. The molecule has 0 aromatic carbocycles. The molecular formula is C14H23ClF3N3O2. The van der Waals surface area contributed by atoms with Crippen molar-refractivity contribution < 1.29 is 22.8 Å². The molecule has 2 N–H and O–H groups in total. The van der Waals surface area contributed by atoms with Gasteiger partial charge in [0, 0.05) is 32.1 Å². The summed E-state index contributed by atoms with van der Waals surface area (Å²) >= 11 is 0. The maximum Gasteiger partial charge on any atom is 0.471 e. The Hall–Kier alpha value is -1.02. The number of carbonyl (C=O) groups is 2. The van der Waals surface area contributed by atoms with Crippen LogP contribution in [-0.4, -0.2) is 55.1 Å². The molecule has 0 bridgehead atoms. The summed E-state index contributed by atoms with van der Waals surface area (Å²) in [6.07, 6.45) is -1.27. The van der Waals surface area contributed by atoms with Crippen LogP contribution in [0.25, 0.3) is 0 Å². The summed E-state index contributed by atoms with van der Waals surface area (Å²) in [6, 6.07) is 0.242. The molecule has 2 amide bonds. The predicted molar refractivity (Wildman–Crippen MR) is 81.3 cm³/mol. The third-order valence-electron chi connectivity index (χ3n) is 4.33. The summed E-state index contributed by atoms with van der Waals surface area (Å²) in [5, 5.41) is 6.10. The highest BCUT2D eigenvalue weighted by Crippen LogP contribution is 2.23. The highest BCUT2D eigenvalue weighted by Gasteiger charge is 2.43. The Morgan fingerprint density at radius 3 is 2.35 bits per heavy atom. The number of hydrogen-bond acceptors (Lipinski definition) is 3. The molecule has 0 aromatic heterocycles. The molecule has 2 aliphatic heterocycles. The van der Waals surface area contributed by atoms with Gasteiger partial charge in [-0.3, -0.25) is 9.59 Å². The number of likely N-dealkylation sites (tertiary alicyclic amines) is 1. The molecule has 0 saturated carbocycles. The van der Waals surface area contributed by atoms with Gasteiger partial charge in [-0.2, -0.15) is 13.2 Å². The zero-order chi connectivity index (χ0) is 16.2. The van der Waals surface area contributed by atoms with Gasteiger partial charge in [0.2, 0.25) is 5.91 Å². The number of alkyl halides is 3. The lowest BCUT2D eigenvalue weighted by Crippen LogP contribution is -2.46. The van der Waals surface area contributed by atoms with E-state index in [1.807, 2.05) is 0 Å². The van der Waals surface area contributed by atoms with E-state index in [-0.39, 0.29) is 43.4 Å². The van der Waals surface area contributed by atoms with E-state index < -0.39 is 12.1 Å². The Balaban J connectivity index is 0.00000264. The molecule has 2 rings (SSSR count). The van der Waals surface area contributed by atoms with Gasteiger partial charge < -0.3 is 15.5 Å².